The fraction of sp³-hybridized carbons (Fsp3) is 0.500. The minimum absolute atomic E-state index is 0.462. The second kappa shape index (κ2) is 7.76. The average Bonchev–Trinajstić information content (AvgIpc) is 2.42. The van der Waals surface area contributed by atoms with Crippen molar-refractivity contribution in [2.75, 3.05) is 27.2 Å². The highest BCUT2D eigenvalue weighted by atomic mass is 16.5. The minimum Gasteiger partial charge on any atom is -0.497 e. The SMILES string of the molecule is COc1cccc(CCN(C)CCC(N)C(=O)O)c1. The van der Waals surface area contributed by atoms with Crippen LogP contribution in [0, 0.1) is 0 Å². The summed E-state index contributed by atoms with van der Waals surface area (Å²) in [7, 11) is 3.62. The molecule has 106 valence electrons. The first-order valence-corrected chi connectivity index (χ1v) is 6.32. The van der Waals surface area contributed by atoms with E-state index in [1.807, 2.05) is 25.2 Å². The van der Waals surface area contributed by atoms with Crippen molar-refractivity contribution in [3.8, 4) is 5.75 Å². The highest BCUT2D eigenvalue weighted by molar-refractivity contribution is 5.72. The molecule has 0 radical (unpaired) electrons. The van der Waals surface area contributed by atoms with Gasteiger partial charge in [-0.15, -0.1) is 0 Å². The van der Waals surface area contributed by atoms with Crippen molar-refractivity contribution in [1.29, 1.82) is 0 Å². The lowest BCUT2D eigenvalue weighted by molar-refractivity contribution is -0.138. The summed E-state index contributed by atoms with van der Waals surface area (Å²) >= 11 is 0. The van der Waals surface area contributed by atoms with Gasteiger partial charge in [0.1, 0.15) is 11.8 Å². The lowest BCUT2D eigenvalue weighted by atomic mass is 10.1. The molecule has 1 aromatic carbocycles. The van der Waals surface area contributed by atoms with E-state index < -0.39 is 12.0 Å². The van der Waals surface area contributed by atoms with Gasteiger partial charge in [0.2, 0.25) is 0 Å². The van der Waals surface area contributed by atoms with Crippen molar-refractivity contribution >= 4 is 5.97 Å². The minimum atomic E-state index is -0.943. The van der Waals surface area contributed by atoms with Gasteiger partial charge in [-0.3, -0.25) is 4.79 Å². The van der Waals surface area contributed by atoms with E-state index in [1.54, 1.807) is 7.11 Å². The van der Waals surface area contributed by atoms with Gasteiger partial charge in [-0.05, 0) is 44.1 Å². The molecule has 0 fully saturated rings. The molecule has 19 heavy (non-hydrogen) atoms. The number of nitrogens with two attached hydrogens (primary N) is 1. The fourth-order valence-electron chi connectivity index (χ4n) is 1.74. The first kappa shape index (κ1) is 15.5. The monoisotopic (exact) mass is 266 g/mol. The predicted molar refractivity (Wildman–Crippen MR) is 74.4 cm³/mol. The number of carboxylic acid groups (broad SMARTS) is 1. The van der Waals surface area contributed by atoms with Crippen molar-refractivity contribution in [2.24, 2.45) is 5.73 Å². The molecular formula is C14H22N2O3. The molecule has 0 saturated heterocycles. The zero-order valence-corrected chi connectivity index (χ0v) is 11.5. The van der Waals surface area contributed by atoms with Crippen LogP contribution in [0.1, 0.15) is 12.0 Å². The Kier molecular flexibility index (Phi) is 6.32. The molecule has 0 aliphatic heterocycles. The molecule has 0 saturated carbocycles. The number of benzene rings is 1. The summed E-state index contributed by atoms with van der Waals surface area (Å²) in [5.41, 5.74) is 6.67. The fourth-order valence-corrected chi connectivity index (χ4v) is 1.74. The number of hydrogen-bond donors (Lipinski definition) is 2. The summed E-state index contributed by atoms with van der Waals surface area (Å²) < 4.78 is 5.17. The average molecular weight is 266 g/mol. The molecule has 0 bridgehead atoms. The first-order chi connectivity index (χ1) is 9.02. The van der Waals surface area contributed by atoms with E-state index in [0.717, 1.165) is 18.7 Å². The summed E-state index contributed by atoms with van der Waals surface area (Å²) in [5, 5.41) is 8.70. The van der Waals surface area contributed by atoms with Crippen molar-refractivity contribution in [1.82, 2.24) is 4.90 Å². The molecule has 3 N–H and O–H groups in total. The number of methoxy groups -OCH3 is 1. The zero-order chi connectivity index (χ0) is 14.3. The van der Waals surface area contributed by atoms with E-state index in [-0.39, 0.29) is 0 Å². The van der Waals surface area contributed by atoms with Crippen LogP contribution >= 0.6 is 0 Å². The third-order valence-electron chi connectivity index (χ3n) is 3.06. The normalized spacial score (nSPS) is 12.4. The molecule has 0 aliphatic rings. The maximum Gasteiger partial charge on any atom is 0.320 e. The summed E-state index contributed by atoms with van der Waals surface area (Å²) in [6, 6.07) is 7.17. The second-order valence-electron chi connectivity index (χ2n) is 4.64. The van der Waals surface area contributed by atoms with Gasteiger partial charge < -0.3 is 20.5 Å². The highest BCUT2D eigenvalue weighted by Crippen LogP contribution is 2.13. The van der Waals surface area contributed by atoms with Crippen LogP contribution in [0.25, 0.3) is 0 Å². The van der Waals surface area contributed by atoms with Crippen LogP contribution in [0.15, 0.2) is 24.3 Å². The van der Waals surface area contributed by atoms with Crippen LogP contribution < -0.4 is 10.5 Å². The van der Waals surface area contributed by atoms with E-state index in [9.17, 15) is 4.79 Å². The topological polar surface area (TPSA) is 75.8 Å². The first-order valence-electron chi connectivity index (χ1n) is 6.32. The van der Waals surface area contributed by atoms with Gasteiger partial charge in [-0.1, -0.05) is 12.1 Å². The molecular weight excluding hydrogens is 244 g/mol. The second-order valence-corrected chi connectivity index (χ2v) is 4.64. The van der Waals surface area contributed by atoms with Crippen LogP contribution in [0.3, 0.4) is 0 Å². The van der Waals surface area contributed by atoms with Crippen LogP contribution in [0.2, 0.25) is 0 Å². The summed E-state index contributed by atoms with van der Waals surface area (Å²) in [4.78, 5) is 12.7. The van der Waals surface area contributed by atoms with Crippen molar-refractivity contribution in [3.05, 3.63) is 29.8 Å². The molecule has 5 nitrogen and oxygen atoms in total. The van der Waals surface area contributed by atoms with E-state index in [1.165, 1.54) is 5.56 Å². The number of hydrogen-bond acceptors (Lipinski definition) is 4. The Morgan fingerprint density at radius 1 is 1.47 bits per heavy atom. The Morgan fingerprint density at radius 2 is 2.21 bits per heavy atom. The van der Waals surface area contributed by atoms with Gasteiger partial charge >= 0.3 is 5.97 Å². The van der Waals surface area contributed by atoms with Crippen molar-refractivity contribution in [3.63, 3.8) is 0 Å². The molecule has 0 aliphatic carbocycles. The van der Waals surface area contributed by atoms with Gasteiger partial charge in [-0.25, -0.2) is 0 Å². The maximum absolute atomic E-state index is 10.6. The van der Waals surface area contributed by atoms with Gasteiger partial charge in [0.25, 0.3) is 0 Å². The number of aliphatic carboxylic acids is 1. The number of ether oxygens (including phenoxy) is 1. The van der Waals surface area contributed by atoms with Crippen LogP contribution in [-0.2, 0) is 11.2 Å². The Labute approximate surface area is 114 Å². The molecule has 0 spiro atoms. The van der Waals surface area contributed by atoms with Gasteiger partial charge in [0.15, 0.2) is 0 Å². The lowest BCUT2D eigenvalue weighted by Gasteiger charge is -2.17. The van der Waals surface area contributed by atoms with E-state index >= 15 is 0 Å². The summed E-state index contributed by atoms with van der Waals surface area (Å²) in [6.45, 7) is 1.54. The third-order valence-corrected chi connectivity index (χ3v) is 3.06. The van der Waals surface area contributed by atoms with E-state index in [2.05, 4.69) is 11.0 Å². The quantitative estimate of drug-likeness (QED) is 0.733. The highest BCUT2D eigenvalue weighted by Gasteiger charge is 2.11. The van der Waals surface area contributed by atoms with Crippen LogP contribution in [0.4, 0.5) is 0 Å². The number of nitrogens with zero attached hydrogens (tertiary/aromatic N) is 1. The molecule has 1 aromatic rings. The number of carbonyl (C=O) groups is 1. The molecule has 0 amide bonds. The van der Waals surface area contributed by atoms with Gasteiger partial charge in [0, 0.05) is 6.54 Å². The number of carboxylic acids is 1. The standard InChI is InChI=1S/C14H22N2O3/c1-16(9-7-13(15)14(17)18)8-6-11-4-3-5-12(10-11)19-2/h3-5,10,13H,6-9,15H2,1-2H3,(H,17,18). The largest absolute Gasteiger partial charge is 0.497 e. The molecule has 5 heteroatoms. The van der Waals surface area contributed by atoms with Crippen LogP contribution in [-0.4, -0.2) is 49.3 Å². The predicted octanol–water partition coefficient (Wildman–Crippen LogP) is 0.972. The Bertz CT molecular complexity index is 409. The molecule has 0 aromatic heterocycles. The van der Waals surface area contributed by atoms with Gasteiger partial charge in [0.05, 0.1) is 7.11 Å². The van der Waals surface area contributed by atoms with Gasteiger partial charge in [-0.2, -0.15) is 0 Å². The molecule has 1 atom stereocenters. The molecule has 1 unspecified atom stereocenters. The Balaban J connectivity index is 2.33. The summed E-state index contributed by atoms with van der Waals surface area (Å²) in [5.74, 6) is -0.0887. The van der Waals surface area contributed by atoms with E-state index in [0.29, 0.717) is 13.0 Å². The number of likely N-dealkylation sites (N-methyl/N-ethyl adjacent to an activating group) is 1. The third kappa shape index (κ3) is 5.72. The lowest BCUT2D eigenvalue weighted by Crippen LogP contribution is -2.34. The van der Waals surface area contributed by atoms with Crippen molar-refractivity contribution < 1.29 is 14.6 Å². The maximum atomic E-state index is 10.6. The Hall–Kier alpha value is -1.59. The van der Waals surface area contributed by atoms with Crippen molar-refractivity contribution in [2.45, 2.75) is 18.9 Å². The van der Waals surface area contributed by atoms with Crippen LogP contribution in [0.5, 0.6) is 5.75 Å². The van der Waals surface area contributed by atoms with E-state index in [4.69, 9.17) is 15.6 Å². The smallest absolute Gasteiger partial charge is 0.320 e. The molecule has 0 heterocycles. The molecule has 1 rings (SSSR count). The Morgan fingerprint density at radius 3 is 2.84 bits per heavy atom. The zero-order valence-electron chi connectivity index (χ0n) is 11.5. The summed E-state index contributed by atoms with van der Waals surface area (Å²) in [6.07, 6.45) is 1.36. The number of rotatable bonds is 8.